The number of benzene rings is 1. The van der Waals surface area contributed by atoms with Crippen molar-refractivity contribution in [1.29, 1.82) is 0 Å². The molecule has 3 heterocycles. The highest BCUT2D eigenvalue weighted by Crippen LogP contribution is 2.34. The summed E-state index contributed by atoms with van der Waals surface area (Å²) in [5.41, 5.74) is 4.03. The summed E-state index contributed by atoms with van der Waals surface area (Å²) < 4.78 is 17.7. The first-order chi connectivity index (χ1) is 17.0. The van der Waals surface area contributed by atoms with Gasteiger partial charge in [-0.15, -0.1) is 0 Å². The molecule has 4 aromatic rings. The number of nitrogens with zero attached hydrogens (tertiary/aromatic N) is 1. The third-order valence-corrected chi connectivity index (χ3v) is 5.71. The van der Waals surface area contributed by atoms with Gasteiger partial charge < -0.3 is 29.0 Å². The van der Waals surface area contributed by atoms with Crippen molar-refractivity contribution < 1.29 is 18.2 Å². The van der Waals surface area contributed by atoms with Crippen LogP contribution in [0.2, 0.25) is 0 Å². The van der Waals surface area contributed by atoms with Crippen LogP contribution in [0.25, 0.3) is 11.8 Å². The number of allylic oxidation sites excluding steroid dienone is 4. The van der Waals surface area contributed by atoms with E-state index >= 15 is 0 Å². The molecule has 35 heavy (non-hydrogen) atoms. The number of rotatable bonds is 5. The van der Waals surface area contributed by atoms with Crippen LogP contribution in [0.4, 0.5) is 5.69 Å². The van der Waals surface area contributed by atoms with Crippen LogP contribution in [-0.2, 0) is 0 Å². The normalized spacial score (nSPS) is 13.7. The van der Waals surface area contributed by atoms with E-state index in [1.165, 1.54) is 12.2 Å². The highest BCUT2D eigenvalue weighted by atomic mass is 16.8. The Morgan fingerprint density at radius 2 is 1.37 bits per heavy atom. The van der Waals surface area contributed by atoms with E-state index in [9.17, 15) is 10.4 Å². The maximum absolute atomic E-state index is 10.8. The molecule has 176 valence electrons. The molecule has 0 fully saturated rings. The van der Waals surface area contributed by atoms with E-state index in [1.54, 1.807) is 18.4 Å². The van der Waals surface area contributed by atoms with Crippen molar-refractivity contribution in [2.75, 3.05) is 5.32 Å². The van der Waals surface area contributed by atoms with Gasteiger partial charge in [0.15, 0.2) is 0 Å². The van der Waals surface area contributed by atoms with Crippen LogP contribution in [0.1, 0.15) is 34.5 Å². The lowest BCUT2D eigenvalue weighted by molar-refractivity contribution is -0.377. The monoisotopic (exact) mass is 467 g/mol. The minimum absolute atomic E-state index is 0.0452. The Morgan fingerprint density at radius 3 is 1.91 bits per heavy atom. The minimum Gasteiger partial charge on any atom is -0.612 e. The molecule has 1 aliphatic rings. The highest BCUT2D eigenvalue weighted by Gasteiger charge is 2.23. The molecule has 0 amide bonds. The topological polar surface area (TPSA) is 101 Å². The molecule has 0 spiro atoms. The van der Waals surface area contributed by atoms with Crippen LogP contribution < -0.4 is 16.1 Å². The summed E-state index contributed by atoms with van der Waals surface area (Å²) in [5, 5.41) is 24.9. The molecule has 1 aliphatic carbocycles. The van der Waals surface area contributed by atoms with Gasteiger partial charge in [-0.25, -0.2) is 0 Å². The number of furan rings is 3. The fraction of sp³-hybridized carbons (Fsp3) is 0.107. The summed E-state index contributed by atoms with van der Waals surface area (Å²) in [5.74, 6) is 3.24. The molecule has 0 saturated heterocycles. The number of hydrogen-bond donors (Lipinski definition) is 1. The van der Waals surface area contributed by atoms with Gasteiger partial charge in [-0.3, -0.25) is 0 Å². The summed E-state index contributed by atoms with van der Waals surface area (Å²) in [6, 6.07) is 19.6. The molecule has 7 heteroatoms. The fourth-order valence-corrected chi connectivity index (χ4v) is 3.95. The zero-order valence-electron chi connectivity index (χ0n) is 19.2. The van der Waals surface area contributed by atoms with Gasteiger partial charge in [0.2, 0.25) is 5.71 Å². The average Bonchev–Trinajstić information content (AvgIpc) is 3.61. The van der Waals surface area contributed by atoms with Crippen molar-refractivity contribution in [2.45, 2.75) is 19.8 Å². The summed E-state index contributed by atoms with van der Waals surface area (Å²) in [6.07, 6.45) is 8.03. The average molecular weight is 468 g/mol. The summed E-state index contributed by atoms with van der Waals surface area (Å²) in [6.45, 7) is 3.86. The number of nitrogens with one attached hydrogen (secondary N) is 1. The second kappa shape index (κ2) is 9.30. The second-order valence-corrected chi connectivity index (χ2v) is 8.25. The van der Waals surface area contributed by atoms with Gasteiger partial charge in [-0.2, -0.15) is 4.90 Å². The van der Waals surface area contributed by atoms with Crippen LogP contribution in [0.15, 0.2) is 98.2 Å². The molecule has 0 radical (unpaired) electrons. The van der Waals surface area contributed by atoms with Crippen LogP contribution >= 0.6 is 0 Å². The number of aryl methyl sites for hydroxylation is 2. The Labute approximate surface area is 201 Å². The zero-order valence-corrected chi connectivity index (χ0v) is 19.2. The highest BCUT2D eigenvalue weighted by molar-refractivity contribution is 6.05. The van der Waals surface area contributed by atoms with Gasteiger partial charge in [0.05, 0.1) is 0 Å². The van der Waals surface area contributed by atoms with Crippen molar-refractivity contribution in [1.82, 2.24) is 0 Å². The zero-order chi connectivity index (χ0) is 24.4. The molecule has 1 N–H and O–H groups in total. The SMILES string of the molecule is Cc1ccc(C(c2ccc(NC=c3ccc(=C4C=CC(=[N+]([O-])[O-])C=C4)o3)cc2)c2ccc(C)o2)o1. The van der Waals surface area contributed by atoms with E-state index in [1.807, 2.05) is 74.5 Å². The van der Waals surface area contributed by atoms with Gasteiger partial charge >= 0.3 is 0 Å². The fourth-order valence-electron chi connectivity index (χ4n) is 3.95. The van der Waals surface area contributed by atoms with Crippen molar-refractivity contribution in [3.05, 3.63) is 135 Å². The van der Waals surface area contributed by atoms with E-state index in [2.05, 4.69) is 5.32 Å². The van der Waals surface area contributed by atoms with Crippen LogP contribution in [0, 0.1) is 24.3 Å². The molecular weight excluding hydrogens is 444 g/mol. The van der Waals surface area contributed by atoms with Crippen molar-refractivity contribution in [2.24, 2.45) is 0 Å². The van der Waals surface area contributed by atoms with E-state index in [-0.39, 0.29) is 11.6 Å². The Kier molecular flexibility index (Phi) is 5.89. The standard InChI is InChI=1S/C28H23N2O5/c1-18-3-14-26(33-18)28(27-15-4-19(2)34-27)21-5-9-22(10-6-21)29-17-24-13-16-25(35-24)20-7-11-23(12-8-20)30(31)32/h3-17,28-29H,1-2H3/q-1. The van der Waals surface area contributed by atoms with Gasteiger partial charge in [0.25, 0.3) is 0 Å². The lowest BCUT2D eigenvalue weighted by atomic mass is 9.94. The lowest BCUT2D eigenvalue weighted by Gasteiger charge is -2.13. The quantitative estimate of drug-likeness (QED) is 0.333. The van der Waals surface area contributed by atoms with E-state index < -0.39 is 4.90 Å². The van der Waals surface area contributed by atoms with Gasteiger partial charge in [0.1, 0.15) is 39.8 Å². The smallest absolute Gasteiger partial charge is 0.222 e. The minimum atomic E-state index is -0.423. The van der Waals surface area contributed by atoms with Crippen LogP contribution in [0.3, 0.4) is 0 Å². The molecule has 5 rings (SSSR count). The van der Waals surface area contributed by atoms with E-state index in [0.29, 0.717) is 10.8 Å². The lowest BCUT2D eigenvalue weighted by Crippen LogP contribution is -2.09. The molecule has 0 saturated carbocycles. The van der Waals surface area contributed by atoms with Crippen molar-refractivity contribution in [3.63, 3.8) is 0 Å². The van der Waals surface area contributed by atoms with Gasteiger partial charge in [-0.1, -0.05) is 12.1 Å². The third kappa shape index (κ3) is 4.84. The first-order valence-corrected chi connectivity index (χ1v) is 11.1. The first kappa shape index (κ1) is 22.2. The molecule has 7 nitrogen and oxygen atoms in total. The first-order valence-electron chi connectivity index (χ1n) is 11.1. The predicted octanol–water partition coefficient (Wildman–Crippen LogP) is 4.84. The van der Waals surface area contributed by atoms with Crippen LogP contribution in [-0.4, -0.2) is 10.6 Å². The maximum Gasteiger partial charge on any atom is 0.222 e. The van der Waals surface area contributed by atoms with Gasteiger partial charge in [-0.05, 0) is 80.1 Å². The second-order valence-electron chi connectivity index (χ2n) is 8.25. The van der Waals surface area contributed by atoms with E-state index in [4.69, 9.17) is 13.3 Å². The molecule has 0 unspecified atom stereocenters. The molecule has 3 aromatic heterocycles. The summed E-state index contributed by atoms with van der Waals surface area (Å²) in [7, 11) is 0. The Bertz CT molecular complexity index is 1500. The number of hydrogen-bond acceptors (Lipinski definition) is 6. The maximum atomic E-state index is 10.8. The molecule has 1 aromatic carbocycles. The van der Waals surface area contributed by atoms with Gasteiger partial charge in [0, 0.05) is 29.6 Å². The Hall–Kier alpha value is -4.65. The molecule has 0 bridgehead atoms. The molecule has 0 aliphatic heterocycles. The Morgan fingerprint density at radius 1 is 0.743 bits per heavy atom. The third-order valence-electron chi connectivity index (χ3n) is 5.71. The summed E-state index contributed by atoms with van der Waals surface area (Å²) >= 11 is 0. The number of anilines is 1. The largest absolute Gasteiger partial charge is 0.612 e. The molecule has 0 atom stereocenters. The van der Waals surface area contributed by atoms with Crippen LogP contribution in [0.5, 0.6) is 0 Å². The predicted molar refractivity (Wildman–Crippen MR) is 134 cm³/mol. The molecular formula is C28H23N2O5-. The Balaban J connectivity index is 1.36. The van der Waals surface area contributed by atoms with Crippen molar-refractivity contribution >= 4 is 23.2 Å². The summed E-state index contributed by atoms with van der Waals surface area (Å²) in [4.78, 5) is -0.423. The van der Waals surface area contributed by atoms with E-state index in [0.717, 1.165) is 39.9 Å². The van der Waals surface area contributed by atoms with Crippen molar-refractivity contribution in [3.8, 4) is 0 Å².